The molecule has 0 N–H and O–H groups in total. The van der Waals surface area contributed by atoms with Gasteiger partial charge in [0.15, 0.2) is 0 Å². The molecule has 0 atom stereocenters. The van der Waals surface area contributed by atoms with Gasteiger partial charge in [0.2, 0.25) is 0 Å². The van der Waals surface area contributed by atoms with Gasteiger partial charge in [-0.25, -0.2) is 0 Å². The Morgan fingerprint density at radius 1 is 0.267 bits per heavy atom. The Bertz CT molecular complexity index is 4540. The lowest BCUT2D eigenvalue weighted by molar-refractivity contribution is 1.14. The smallest absolute Gasteiger partial charge is 0.0620 e. The van der Waals surface area contributed by atoms with E-state index in [9.17, 15) is 0 Å². The standard InChI is InChI=1S/C72H47N3/c1-7-21-48(22-8-1)54-43-55(49-23-9-2-10-24-49)45-59(44-54)75-71(52-27-13-4-14-28-52)70(50-25-11-3-12-26-50)64-46-53-36-39-61-66(41-37-51-35-40-62(72(64)75)69(53)68(51)61)73(56-29-15-5-16-30-56)58-38-42-67-63(47-58)60-33-19-20-34-65(60)74(67)57-31-17-6-18-32-57/h1-47H. The summed E-state index contributed by atoms with van der Waals surface area (Å²) in [6.45, 7) is 0. The first kappa shape index (κ1) is 42.7. The fraction of sp³-hybridized carbons (Fsp3) is 0. The van der Waals surface area contributed by atoms with Crippen LogP contribution in [0.2, 0.25) is 0 Å². The lowest BCUT2D eigenvalue weighted by Crippen LogP contribution is -2.10. The molecule has 15 aromatic rings. The summed E-state index contributed by atoms with van der Waals surface area (Å²) in [6.07, 6.45) is 0. The van der Waals surface area contributed by atoms with E-state index in [0.29, 0.717) is 0 Å². The second-order valence-electron chi connectivity index (χ2n) is 19.6. The van der Waals surface area contributed by atoms with Crippen molar-refractivity contribution in [3.05, 3.63) is 285 Å². The number of anilines is 3. The molecule has 0 radical (unpaired) electrons. The van der Waals surface area contributed by atoms with E-state index in [1.807, 2.05) is 0 Å². The lowest BCUT2D eigenvalue weighted by atomic mass is 9.90. The SMILES string of the molecule is c1ccc(-c2cc(-c3ccccc3)cc(-n3c(-c4ccccc4)c(-c4ccccc4)c4cc5ccc6c(N(c7ccccc7)c7ccc8c(c7)c7ccccc7n8-c7ccccc7)ccc7ccc(c5c76)c43)c2)cc1. The summed E-state index contributed by atoms with van der Waals surface area (Å²) in [5, 5.41) is 11.0. The summed E-state index contributed by atoms with van der Waals surface area (Å²) in [5.41, 5.74) is 18.5. The van der Waals surface area contributed by atoms with Crippen LogP contribution in [0.25, 0.3) is 121 Å². The number of nitrogens with zero attached hydrogens (tertiary/aromatic N) is 3. The molecular weight excluding hydrogens is 907 g/mol. The Morgan fingerprint density at radius 3 is 1.48 bits per heavy atom. The highest BCUT2D eigenvalue weighted by atomic mass is 15.1. The van der Waals surface area contributed by atoms with Crippen LogP contribution in [0, 0.1) is 0 Å². The van der Waals surface area contributed by atoms with Crippen LogP contribution in [0.4, 0.5) is 17.1 Å². The molecule has 0 aliphatic carbocycles. The topological polar surface area (TPSA) is 13.1 Å². The molecular formula is C72H47N3. The maximum absolute atomic E-state index is 2.58. The third-order valence-electron chi connectivity index (χ3n) is 15.4. The average molecular weight is 954 g/mol. The third-order valence-corrected chi connectivity index (χ3v) is 15.4. The number of benzene rings is 13. The first-order valence-electron chi connectivity index (χ1n) is 25.8. The molecule has 3 heteroatoms. The van der Waals surface area contributed by atoms with Crippen molar-refractivity contribution in [3.8, 4) is 56.0 Å². The number of hydrogen-bond donors (Lipinski definition) is 0. The highest BCUT2D eigenvalue weighted by molar-refractivity contribution is 6.32. The number of para-hydroxylation sites is 3. The van der Waals surface area contributed by atoms with Crippen molar-refractivity contribution >= 4 is 82.1 Å². The van der Waals surface area contributed by atoms with E-state index in [-0.39, 0.29) is 0 Å². The maximum Gasteiger partial charge on any atom is 0.0620 e. The van der Waals surface area contributed by atoms with Crippen LogP contribution >= 0.6 is 0 Å². The van der Waals surface area contributed by atoms with Gasteiger partial charge in [-0.3, -0.25) is 0 Å². The van der Waals surface area contributed by atoms with Crippen LogP contribution in [0.5, 0.6) is 0 Å². The minimum atomic E-state index is 1.10. The molecule has 0 spiro atoms. The van der Waals surface area contributed by atoms with Gasteiger partial charge in [-0.15, -0.1) is 0 Å². The van der Waals surface area contributed by atoms with Crippen LogP contribution in [0.3, 0.4) is 0 Å². The van der Waals surface area contributed by atoms with E-state index >= 15 is 0 Å². The molecule has 2 aromatic heterocycles. The van der Waals surface area contributed by atoms with Gasteiger partial charge in [0, 0.05) is 55.2 Å². The van der Waals surface area contributed by atoms with E-state index in [0.717, 1.165) is 39.7 Å². The monoisotopic (exact) mass is 953 g/mol. The van der Waals surface area contributed by atoms with Gasteiger partial charge in [0.25, 0.3) is 0 Å². The van der Waals surface area contributed by atoms with Gasteiger partial charge in [0.1, 0.15) is 0 Å². The second-order valence-corrected chi connectivity index (χ2v) is 19.6. The predicted molar refractivity (Wildman–Crippen MR) is 318 cm³/mol. The number of hydrogen-bond acceptors (Lipinski definition) is 1. The highest BCUT2D eigenvalue weighted by Crippen LogP contribution is 2.51. The molecule has 2 heterocycles. The molecule has 0 aliphatic heterocycles. The second kappa shape index (κ2) is 17.4. The fourth-order valence-corrected chi connectivity index (χ4v) is 12.1. The van der Waals surface area contributed by atoms with E-state index in [1.165, 1.54) is 98.4 Å². The molecule has 15 rings (SSSR count). The Morgan fingerprint density at radius 2 is 0.800 bits per heavy atom. The summed E-state index contributed by atoms with van der Waals surface area (Å²) < 4.78 is 4.97. The molecule has 0 unspecified atom stereocenters. The number of fused-ring (bicyclic) bond motifs is 5. The fourth-order valence-electron chi connectivity index (χ4n) is 12.1. The molecule has 0 saturated heterocycles. The molecule has 0 saturated carbocycles. The Balaban J connectivity index is 1.04. The molecule has 0 bridgehead atoms. The summed E-state index contributed by atoms with van der Waals surface area (Å²) in [6, 6.07) is 105. The number of rotatable bonds is 9. The first-order chi connectivity index (χ1) is 37.2. The molecule has 0 amide bonds. The van der Waals surface area contributed by atoms with Gasteiger partial charge < -0.3 is 14.0 Å². The zero-order valence-corrected chi connectivity index (χ0v) is 41.0. The van der Waals surface area contributed by atoms with Gasteiger partial charge in [-0.2, -0.15) is 0 Å². The van der Waals surface area contributed by atoms with E-state index < -0.39 is 0 Å². The van der Waals surface area contributed by atoms with Crippen molar-refractivity contribution in [2.24, 2.45) is 0 Å². The molecule has 0 fully saturated rings. The minimum Gasteiger partial charge on any atom is -0.310 e. The Labute approximate surface area is 435 Å². The predicted octanol–water partition coefficient (Wildman–Crippen LogP) is 19.8. The molecule has 0 aliphatic rings. The summed E-state index contributed by atoms with van der Waals surface area (Å²) >= 11 is 0. The van der Waals surface area contributed by atoms with Crippen LogP contribution in [-0.4, -0.2) is 9.13 Å². The van der Waals surface area contributed by atoms with Gasteiger partial charge in [-0.05, 0) is 134 Å². The first-order valence-corrected chi connectivity index (χ1v) is 25.8. The Hall–Kier alpha value is -9.96. The zero-order chi connectivity index (χ0) is 49.4. The van der Waals surface area contributed by atoms with Crippen molar-refractivity contribution in [1.29, 1.82) is 0 Å². The largest absolute Gasteiger partial charge is 0.310 e. The van der Waals surface area contributed by atoms with Crippen molar-refractivity contribution in [1.82, 2.24) is 9.13 Å². The van der Waals surface area contributed by atoms with Crippen LogP contribution in [0.15, 0.2) is 285 Å². The maximum atomic E-state index is 2.58. The zero-order valence-electron chi connectivity index (χ0n) is 41.0. The molecule has 3 nitrogen and oxygen atoms in total. The molecule has 75 heavy (non-hydrogen) atoms. The summed E-state index contributed by atoms with van der Waals surface area (Å²) in [5.74, 6) is 0. The van der Waals surface area contributed by atoms with E-state index in [1.54, 1.807) is 0 Å². The lowest BCUT2D eigenvalue weighted by Gasteiger charge is -2.28. The highest BCUT2D eigenvalue weighted by Gasteiger charge is 2.27. The molecule has 350 valence electrons. The van der Waals surface area contributed by atoms with Crippen molar-refractivity contribution in [2.45, 2.75) is 0 Å². The van der Waals surface area contributed by atoms with Crippen LogP contribution < -0.4 is 4.90 Å². The number of aromatic nitrogens is 2. The van der Waals surface area contributed by atoms with Crippen molar-refractivity contribution in [2.75, 3.05) is 4.90 Å². The minimum absolute atomic E-state index is 1.10. The van der Waals surface area contributed by atoms with Crippen LogP contribution in [0.1, 0.15) is 0 Å². The van der Waals surface area contributed by atoms with E-state index in [2.05, 4.69) is 299 Å². The molecule has 13 aromatic carbocycles. The third kappa shape index (κ3) is 6.90. The van der Waals surface area contributed by atoms with Crippen molar-refractivity contribution in [3.63, 3.8) is 0 Å². The van der Waals surface area contributed by atoms with Gasteiger partial charge in [-0.1, -0.05) is 206 Å². The normalized spacial score (nSPS) is 11.7. The van der Waals surface area contributed by atoms with Gasteiger partial charge >= 0.3 is 0 Å². The van der Waals surface area contributed by atoms with E-state index in [4.69, 9.17) is 0 Å². The summed E-state index contributed by atoms with van der Waals surface area (Å²) in [4.78, 5) is 2.46. The average Bonchev–Trinajstić information content (AvgIpc) is 4.01. The van der Waals surface area contributed by atoms with Crippen LogP contribution in [-0.2, 0) is 0 Å². The quantitative estimate of drug-likeness (QED) is 0.131. The summed E-state index contributed by atoms with van der Waals surface area (Å²) in [7, 11) is 0. The Kier molecular flexibility index (Phi) is 9.89. The van der Waals surface area contributed by atoms with Crippen molar-refractivity contribution < 1.29 is 0 Å². The van der Waals surface area contributed by atoms with Gasteiger partial charge in [0.05, 0.1) is 27.9 Å².